The van der Waals surface area contributed by atoms with Gasteiger partial charge in [0.15, 0.2) is 0 Å². The Balaban J connectivity index is 1.63. The van der Waals surface area contributed by atoms with E-state index in [1.165, 1.54) is 19.2 Å². The van der Waals surface area contributed by atoms with Crippen LogP contribution in [-0.4, -0.2) is 65.6 Å². The highest BCUT2D eigenvalue weighted by Gasteiger charge is 2.22. The van der Waals surface area contributed by atoms with Gasteiger partial charge in [-0.15, -0.1) is 0 Å². The first-order valence-corrected chi connectivity index (χ1v) is 11.8. The molecule has 2 heterocycles. The Bertz CT molecular complexity index is 1210. The lowest BCUT2D eigenvalue weighted by molar-refractivity contribution is -0.384. The molecule has 10 heteroatoms. The van der Waals surface area contributed by atoms with Crippen LogP contribution in [0.3, 0.4) is 0 Å². The number of esters is 1. The lowest BCUT2D eigenvalue weighted by Gasteiger charge is -2.36. The maximum absolute atomic E-state index is 11.7. The number of nitrogens with zero attached hydrogens (tertiary/aromatic N) is 5. The van der Waals surface area contributed by atoms with Crippen LogP contribution in [0.25, 0.3) is 10.9 Å². The van der Waals surface area contributed by atoms with E-state index in [9.17, 15) is 14.9 Å². The number of non-ortho nitro benzene ring substituents is 1. The smallest absolute Gasteiger partial charge is 0.337 e. The number of hydrogen-bond donors (Lipinski definition) is 1. The van der Waals surface area contributed by atoms with Gasteiger partial charge in [-0.25, -0.2) is 9.78 Å². The Labute approximate surface area is 204 Å². The number of piperazine rings is 1. The molecule has 0 amide bonds. The van der Waals surface area contributed by atoms with Gasteiger partial charge in [-0.3, -0.25) is 15.0 Å². The summed E-state index contributed by atoms with van der Waals surface area (Å²) in [6.45, 7) is 9.05. The topological polar surface area (TPSA) is 114 Å². The van der Waals surface area contributed by atoms with E-state index < -0.39 is 10.9 Å². The van der Waals surface area contributed by atoms with Crippen LogP contribution in [0.2, 0.25) is 0 Å². The number of methoxy groups -OCH3 is 1. The molecule has 1 saturated heterocycles. The number of fused-ring (bicyclic) bond motifs is 1. The second-order valence-electron chi connectivity index (χ2n) is 8.83. The van der Waals surface area contributed by atoms with Crippen molar-refractivity contribution in [2.45, 2.75) is 20.3 Å². The van der Waals surface area contributed by atoms with Gasteiger partial charge in [-0.05, 0) is 36.2 Å². The van der Waals surface area contributed by atoms with E-state index >= 15 is 0 Å². The molecule has 1 aliphatic rings. The van der Waals surface area contributed by atoms with Gasteiger partial charge in [0.25, 0.3) is 5.69 Å². The summed E-state index contributed by atoms with van der Waals surface area (Å²) >= 11 is 0. The van der Waals surface area contributed by atoms with E-state index in [0.717, 1.165) is 39.1 Å². The minimum atomic E-state index is -0.432. The molecule has 4 rings (SSSR count). The van der Waals surface area contributed by atoms with Gasteiger partial charge in [-0.2, -0.15) is 4.98 Å². The molecule has 3 aromatic rings. The SMILES string of the molecule is CCC(C)CN1CCN(c2nc(Nc3ccc(C(=O)OC)cc3)c3cc([N+](=O)[O-])ccc3n2)CC1. The van der Waals surface area contributed by atoms with E-state index in [4.69, 9.17) is 14.7 Å². The third-order valence-electron chi connectivity index (χ3n) is 6.37. The molecule has 0 spiro atoms. The van der Waals surface area contributed by atoms with Gasteiger partial charge in [0.1, 0.15) is 5.82 Å². The van der Waals surface area contributed by atoms with Crippen LogP contribution in [0.15, 0.2) is 42.5 Å². The second kappa shape index (κ2) is 10.6. The highest BCUT2D eigenvalue weighted by atomic mass is 16.6. The lowest BCUT2D eigenvalue weighted by Crippen LogP contribution is -2.48. The lowest BCUT2D eigenvalue weighted by atomic mass is 10.1. The van der Waals surface area contributed by atoms with Crippen molar-refractivity contribution >= 4 is 40.0 Å². The summed E-state index contributed by atoms with van der Waals surface area (Å²) in [7, 11) is 1.33. The molecule has 0 radical (unpaired) electrons. The van der Waals surface area contributed by atoms with Crippen LogP contribution in [0, 0.1) is 16.0 Å². The number of nitrogens with one attached hydrogen (secondary N) is 1. The Morgan fingerprint density at radius 2 is 1.86 bits per heavy atom. The standard InChI is InChI=1S/C25H30N6O4/c1-4-17(2)16-29-11-13-30(14-12-29)25-27-22-10-9-20(31(33)34)15-21(22)23(28-25)26-19-7-5-18(6-8-19)24(32)35-3/h5-10,15,17H,4,11-14,16H2,1-3H3,(H,26,27,28). The van der Waals surface area contributed by atoms with Crippen molar-refractivity contribution in [3.8, 4) is 0 Å². The van der Waals surface area contributed by atoms with Crippen molar-refractivity contribution in [1.82, 2.24) is 14.9 Å². The molecule has 1 aromatic heterocycles. The number of carbonyl (C=O) groups is 1. The van der Waals surface area contributed by atoms with Gasteiger partial charge < -0.3 is 15.0 Å². The third-order valence-corrected chi connectivity index (χ3v) is 6.37. The molecule has 0 bridgehead atoms. The molecule has 0 aliphatic carbocycles. The van der Waals surface area contributed by atoms with Gasteiger partial charge in [0, 0.05) is 55.9 Å². The highest BCUT2D eigenvalue weighted by molar-refractivity contribution is 5.94. The number of aromatic nitrogens is 2. The zero-order valence-electron chi connectivity index (χ0n) is 20.2. The maximum Gasteiger partial charge on any atom is 0.337 e. The van der Waals surface area contributed by atoms with E-state index in [2.05, 4.69) is 29.0 Å². The first-order chi connectivity index (χ1) is 16.9. The van der Waals surface area contributed by atoms with Crippen LogP contribution in [0.1, 0.15) is 30.6 Å². The van der Waals surface area contributed by atoms with Crippen molar-refractivity contribution < 1.29 is 14.5 Å². The van der Waals surface area contributed by atoms with E-state index in [0.29, 0.717) is 39.8 Å². The number of benzene rings is 2. The van der Waals surface area contributed by atoms with Crippen molar-refractivity contribution in [2.24, 2.45) is 5.92 Å². The van der Waals surface area contributed by atoms with Crippen molar-refractivity contribution in [1.29, 1.82) is 0 Å². The molecule has 1 atom stereocenters. The number of nitro benzene ring substituents is 1. The third kappa shape index (κ3) is 5.65. The molecular weight excluding hydrogens is 448 g/mol. The number of ether oxygens (including phenoxy) is 1. The van der Waals surface area contributed by atoms with E-state index in [-0.39, 0.29) is 5.69 Å². The zero-order valence-corrected chi connectivity index (χ0v) is 20.2. The van der Waals surface area contributed by atoms with Crippen molar-refractivity contribution in [2.75, 3.05) is 50.1 Å². The molecule has 35 heavy (non-hydrogen) atoms. The molecule has 1 N–H and O–H groups in total. The van der Waals surface area contributed by atoms with Crippen molar-refractivity contribution in [3.05, 3.63) is 58.1 Å². The molecule has 184 valence electrons. The van der Waals surface area contributed by atoms with Crippen LogP contribution < -0.4 is 10.2 Å². The first kappa shape index (κ1) is 24.3. The van der Waals surface area contributed by atoms with E-state index in [1.54, 1.807) is 30.3 Å². The minimum Gasteiger partial charge on any atom is -0.465 e. The number of rotatable bonds is 8. The molecule has 10 nitrogen and oxygen atoms in total. The van der Waals surface area contributed by atoms with Crippen LogP contribution in [0.5, 0.6) is 0 Å². The Kier molecular flexibility index (Phi) is 7.40. The summed E-state index contributed by atoms with van der Waals surface area (Å²) in [5, 5.41) is 15.2. The summed E-state index contributed by atoms with van der Waals surface area (Å²) in [6, 6.07) is 11.4. The molecule has 1 fully saturated rings. The second-order valence-corrected chi connectivity index (χ2v) is 8.83. The monoisotopic (exact) mass is 478 g/mol. The number of nitro groups is 1. The van der Waals surface area contributed by atoms with Crippen molar-refractivity contribution in [3.63, 3.8) is 0 Å². The van der Waals surface area contributed by atoms with E-state index in [1.807, 2.05) is 0 Å². The fourth-order valence-electron chi connectivity index (χ4n) is 4.10. The average molecular weight is 479 g/mol. The Morgan fingerprint density at radius 3 is 2.49 bits per heavy atom. The quantitative estimate of drug-likeness (QED) is 0.288. The maximum atomic E-state index is 11.7. The normalized spacial score (nSPS) is 15.1. The summed E-state index contributed by atoms with van der Waals surface area (Å²) in [4.78, 5) is 36.8. The summed E-state index contributed by atoms with van der Waals surface area (Å²) in [6.07, 6.45) is 1.16. The van der Waals surface area contributed by atoms with Crippen LogP contribution >= 0.6 is 0 Å². The molecule has 0 saturated carbocycles. The van der Waals surface area contributed by atoms with Crippen LogP contribution in [-0.2, 0) is 4.74 Å². The number of carbonyl (C=O) groups excluding carboxylic acids is 1. The minimum absolute atomic E-state index is 0.0309. The predicted octanol–water partition coefficient (Wildman–Crippen LogP) is 4.24. The summed E-state index contributed by atoms with van der Waals surface area (Å²) < 4.78 is 4.75. The van der Waals surface area contributed by atoms with Gasteiger partial charge in [0.2, 0.25) is 5.95 Å². The zero-order chi connectivity index (χ0) is 24.9. The first-order valence-electron chi connectivity index (χ1n) is 11.8. The van der Waals surface area contributed by atoms with Crippen LogP contribution in [0.4, 0.5) is 23.1 Å². The summed E-state index contributed by atoms with van der Waals surface area (Å²) in [5.41, 5.74) is 1.71. The molecule has 1 unspecified atom stereocenters. The fraction of sp³-hybridized carbons (Fsp3) is 0.400. The Morgan fingerprint density at radius 1 is 1.14 bits per heavy atom. The van der Waals surface area contributed by atoms with Gasteiger partial charge in [0.05, 0.1) is 23.1 Å². The Hall–Kier alpha value is -3.79. The largest absolute Gasteiger partial charge is 0.465 e. The van der Waals surface area contributed by atoms with Gasteiger partial charge in [-0.1, -0.05) is 20.3 Å². The van der Waals surface area contributed by atoms with Gasteiger partial charge >= 0.3 is 5.97 Å². The molecular formula is C25H30N6O4. The number of anilines is 3. The average Bonchev–Trinajstić information content (AvgIpc) is 2.88. The number of hydrogen-bond acceptors (Lipinski definition) is 9. The molecule has 1 aliphatic heterocycles. The fourth-order valence-corrected chi connectivity index (χ4v) is 4.10. The summed E-state index contributed by atoms with van der Waals surface area (Å²) in [5.74, 6) is 1.30. The predicted molar refractivity (Wildman–Crippen MR) is 135 cm³/mol. The molecule has 2 aromatic carbocycles. The highest BCUT2D eigenvalue weighted by Crippen LogP contribution is 2.30.